The first kappa shape index (κ1) is 12.5. The van der Waals surface area contributed by atoms with Crippen molar-refractivity contribution in [1.82, 2.24) is 0 Å². The Morgan fingerprint density at radius 3 is 2.62 bits per heavy atom. The van der Waals surface area contributed by atoms with Gasteiger partial charge in [0.15, 0.2) is 11.6 Å². The quantitative estimate of drug-likeness (QED) is 0.857. The molecule has 0 radical (unpaired) electrons. The summed E-state index contributed by atoms with van der Waals surface area (Å²) in [7, 11) is 1.41. The van der Waals surface area contributed by atoms with Gasteiger partial charge in [0.2, 0.25) is 0 Å². The normalized spacial score (nSPS) is 12.2. The number of carboxylic acid groups (broad SMARTS) is 1. The van der Waals surface area contributed by atoms with E-state index in [9.17, 15) is 9.18 Å². The zero-order chi connectivity index (χ0) is 12.3. The van der Waals surface area contributed by atoms with Crippen LogP contribution in [0.15, 0.2) is 12.1 Å². The Balaban J connectivity index is 2.96. The Kier molecular flexibility index (Phi) is 3.88. The summed E-state index contributed by atoms with van der Waals surface area (Å²) in [6.45, 7) is 3.33. The van der Waals surface area contributed by atoms with Crippen molar-refractivity contribution in [2.45, 2.75) is 20.3 Å². The molecule has 0 fully saturated rings. The molecule has 0 bridgehead atoms. The standard InChI is InChI=1S/C12H15FO3/c1-7-4-9(5-8(2)12(14)15)6-10(13)11(7)16-3/h4,6,8H,5H2,1-3H3,(H,14,15). The van der Waals surface area contributed by atoms with E-state index in [1.807, 2.05) is 0 Å². The number of ether oxygens (including phenoxy) is 1. The molecule has 1 unspecified atom stereocenters. The molecule has 1 aromatic rings. The Morgan fingerprint density at radius 1 is 1.56 bits per heavy atom. The van der Waals surface area contributed by atoms with Gasteiger partial charge < -0.3 is 9.84 Å². The number of hydrogen-bond acceptors (Lipinski definition) is 2. The van der Waals surface area contributed by atoms with E-state index in [0.29, 0.717) is 17.5 Å². The van der Waals surface area contributed by atoms with Crippen molar-refractivity contribution >= 4 is 5.97 Å². The minimum absolute atomic E-state index is 0.215. The number of carboxylic acids is 1. The number of halogens is 1. The predicted molar refractivity (Wildman–Crippen MR) is 58.2 cm³/mol. The van der Waals surface area contributed by atoms with Crippen molar-refractivity contribution in [3.8, 4) is 5.75 Å². The maximum atomic E-state index is 13.5. The van der Waals surface area contributed by atoms with E-state index in [0.717, 1.165) is 0 Å². The molecule has 1 aromatic carbocycles. The Hall–Kier alpha value is -1.58. The second kappa shape index (κ2) is 4.96. The smallest absolute Gasteiger partial charge is 0.306 e. The lowest BCUT2D eigenvalue weighted by Crippen LogP contribution is -2.12. The third-order valence-corrected chi connectivity index (χ3v) is 2.46. The van der Waals surface area contributed by atoms with Crippen molar-refractivity contribution in [3.05, 3.63) is 29.1 Å². The highest BCUT2D eigenvalue weighted by Crippen LogP contribution is 2.24. The lowest BCUT2D eigenvalue weighted by Gasteiger charge is -2.10. The highest BCUT2D eigenvalue weighted by molar-refractivity contribution is 5.69. The third kappa shape index (κ3) is 2.72. The van der Waals surface area contributed by atoms with E-state index in [2.05, 4.69) is 0 Å². The maximum absolute atomic E-state index is 13.5. The lowest BCUT2D eigenvalue weighted by atomic mass is 9.99. The second-order valence-corrected chi connectivity index (χ2v) is 3.87. The summed E-state index contributed by atoms with van der Waals surface area (Å²) >= 11 is 0. The summed E-state index contributed by atoms with van der Waals surface area (Å²) < 4.78 is 18.4. The molecule has 0 saturated heterocycles. The molecule has 3 nitrogen and oxygen atoms in total. The molecule has 4 heteroatoms. The van der Waals surface area contributed by atoms with E-state index in [-0.39, 0.29) is 5.75 Å². The van der Waals surface area contributed by atoms with Crippen LogP contribution in [0.1, 0.15) is 18.1 Å². The molecule has 0 amide bonds. The number of carbonyl (C=O) groups is 1. The molecule has 0 aliphatic heterocycles. The van der Waals surface area contributed by atoms with Crippen molar-refractivity contribution in [2.24, 2.45) is 5.92 Å². The van der Waals surface area contributed by atoms with Gasteiger partial charge in [-0.05, 0) is 30.5 Å². The fraction of sp³-hybridized carbons (Fsp3) is 0.417. The number of rotatable bonds is 4. The zero-order valence-corrected chi connectivity index (χ0v) is 9.58. The molecular weight excluding hydrogens is 211 g/mol. The molecular formula is C12H15FO3. The topological polar surface area (TPSA) is 46.5 Å². The first-order valence-corrected chi connectivity index (χ1v) is 5.01. The van der Waals surface area contributed by atoms with Gasteiger partial charge in [0.1, 0.15) is 0 Å². The molecule has 0 spiro atoms. The molecule has 1 atom stereocenters. The van der Waals surface area contributed by atoms with E-state index >= 15 is 0 Å². The molecule has 0 aromatic heterocycles. The highest BCUT2D eigenvalue weighted by atomic mass is 19.1. The summed E-state index contributed by atoms with van der Waals surface area (Å²) in [4.78, 5) is 10.7. The SMILES string of the molecule is COc1c(C)cc(CC(C)C(=O)O)cc1F. The molecule has 1 N–H and O–H groups in total. The van der Waals surface area contributed by atoms with Crippen LogP contribution in [0.5, 0.6) is 5.75 Å². The lowest BCUT2D eigenvalue weighted by molar-refractivity contribution is -0.141. The molecule has 1 rings (SSSR count). The molecule has 0 saturated carbocycles. The van der Waals surface area contributed by atoms with Crippen molar-refractivity contribution in [1.29, 1.82) is 0 Å². The van der Waals surface area contributed by atoms with Crippen LogP contribution in [-0.2, 0) is 11.2 Å². The van der Waals surface area contributed by atoms with Gasteiger partial charge in [-0.25, -0.2) is 4.39 Å². The minimum Gasteiger partial charge on any atom is -0.493 e. The van der Waals surface area contributed by atoms with Gasteiger partial charge in [-0.3, -0.25) is 4.79 Å². The Bertz CT molecular complexity index is 378. The van der Waals surface area contributed by atoms with Crippen LogP contribution < -0.4 is 4.74 Å². The second-order valence-electron chi connectivity index (χ2n) is 3.87. The fourth-order valence-electron chi connectivity index (χ4n) is 1.62. The van der Waals surface area contributed by atoms with Crippen LogP contribution in [0.25, 0.3) is 0 Å². The van der Waals surface area contributed by atoms with Crippen LogP contribution in [0.4, 0.5) is 4.39 Å². The number of methoxy groups -OCH3 is 1. The first-order chi connectivity index (χ1) is 7.45. The predicted octanol–water partition coefficient (Wildman–Crippen LogP) is 2.41. The summed E-state index contributed by atoms with van der Waals surface area (Å²) in [5.74, 6) is -1.64. The summed E-state index contributed by atoms with van der Waals surface area (Å²) in [6.07, 6.45) is 0.317. The van der Waals surface area contributed by atoms with Crippen LogP contribution in [0, 0.1) is 18.7 Å². The van der Waals surface area contributed by atoms with Gasteiger partial charge in [-0.2, -0.15) is 0 Å². The van der Waals surface area contributed by atoms with E-state index in [1.54, 1.807) is 19.9 Å². The summed E-state index contributed by atoms with van der Waals surface area (Å²) in [5.41, 5.74) is 1.35. The van der Waals surface area contributed by atoms with Crippen LogP contribution in [-0.4, -0.2) is 18.2 Å². The minimum atomic E-state index is -0.881. The van der Waals surface area contributed by atoms with E-state index < -0.39 is 17.7 Å². The van der Waals surface area contributed by atoms with E-state index in [1.165, 1.54) is 13.2 Å². The summed E-state index contributed by atoms with van der Waals surface area (Å²) in [5, 5.41) is 8.76. The van der Waals surface area contributed by atoms with Crippen molar-refractivity contribution in [2.75, 3.05) is 7.11 Å². The Labute approximate surface area is 93.9 Å². The number of benzene rings is 1. The zero-order valence-electron chi connectivity index (χ0n) is 9.58. The number of hydrogen-bond donors (Lipinski definition) is 1. The summed E-state index contributed by atoms with van der Waals surface area (Å²) in [6, 6.07) is 3.08. The molecule has 0 heterocycles. The van der Waals surface area contributed by atoms with Crippen molar-refractivity contribution < 1.29 is 19.0 Å². The molecule has 0 aliphatic rings. The van der Waals surface area contributed by atoms with Crippen LogP contribution >= 0.6 is 0 Å². The molecule has 16 heavy (non-hydrogen) atoms. The van der Waals surface area contributed by atoms with Gasteiger partial charge in [-0.1, -0.05) is 13.0 Å². The van der Waals surface area contributed by atoms with Gasteiger partial charge in [-0.15, -0.1) is 0 Å². The average molecular weight is 226 g/mol. The van der Waals surface area contributed by atoms with Crippen molar-refractivity contribution in [3.63, 3.8) is 0 Å². The highest BCUT2D eigenvalue weighted by Gasteiger charge is 2.14. The third-order valence-electron chi connectivity index (χ3n) is 2.46. The Morgan fingerprint density at radius 2 is 2.19 bits per heavy atom. The fourth-order valence-corrected chi connectivity index (χ4v) is 1.62. The monoisotopic (exact) mass is 226 g/mol. The number of aliphatic carboxylic acids is 1. The van der Waals surface area contributed by atoms with Gasteiger partial charge in [0, 0.05) is 0 Å². The van der Waals surface area contributed by atoms with Crippen LogP contribution in [0.3, 0.4) is 0 Å². The largest absolute Gasteiger partial charge is 0.493 e. The van der Waals surface area contributed by atoms with Gasteiger partial charge >= 0.3 is 5.97 Å². The molecule has 88 valence electrons. The van der Waals surface area contributed by atoms with Gasteiger partial charge in [0.05, 0.1) is 13.0 Å². The van der Waals surface area contributed by atoms with Gasteiger partial charge in [0.25, 0.3) is 0 Å². The first-order valence-electron chi connectivity index (χ1n) is 5.01. The number of aryl methyl sites for hydroxylation is 1. The molecule has 0 aliphatic carbocycles. The average Bonchev–Trinajstić information content (AvgIpc) is 2.16. The maximum Gasteiger partial charge on any atom is 0.306 e. The van der Waals surface area contributed by atoms with E-state index in [4.69, 9.17) is 9.84 Å². The van der Waals surface area contributed by atoms with Crippen LogP contribution in [0.2, 0.25) is 0 Å².